The number of carbonyl (C=O) groups is 1. The van der Waals surface area contributed by atoms with Gasteiger partial charge in [0.1, 0.15) is 5.75 Å². The highest BCUT2D eigenvalue weighted by Gasteiger charge is 2.23. The van der Waals surface area contributed by atoms with Gasteiger partial charge in [0, 0.05) is 31.2 Å². The second kappa shape index (κ2) is 7.54. The number of nitro benzene ring substituents is 1. The van der Waals surface area contributed by atoms with E-state index >= 15 is 0 Å². The van der Waals surface area contributed by atoms with Crippen LogP contribution in [0, 0.1) is 10.1 Å². The number of nitrogens with zero attached hydrogens (tertiary/aromatic N) is 2. The third kappa shape index (κ3) is 3.87. The molecular weight excluding hydrogens is 310 g/mol. The Hall–Kier alpha value is -2.96. The number of hydrogen-bond acceptors (Lipinski definition) is 4. The number of nitrogens with one attached hydrogen (secondary N) is 1. The van der Waals surface area contributed by atoms with Gasteiger partial charge in [0.2, 0.25) is 6.04 Å². The normalized spacial score (nSPS) is 11.6. The van der Waals surface area contributed by atoms with Crippen molar-refractivity contribution in [2.75, 3.05) is 12.4 Å². The number of anilines is 1. The first-order chi connectivity index (χ1) is 11.5. The highest BCUT2D eigenvalue weighted by atomic mass is 16.6. The van der Waals surface area contributed by atoms with Crippen LogP contribution in [-0.4, -0.2) is 17.9 Å². The second-order valence-corrected chi connectivity index (χ2v) is 5.31. The van der Waals surface area contributed by atoms with Crippen molar-refractivity contribution in [3.05, 3.63) is 58.4 Å². The lowest BCUT2D eigenvalue weighted by atomic mass is 10.2. The zero-order valence-corrected chi connectivity index (χ0v) is 13.9. The standard InChI is InChI=1S/C17H19N3O4/c1-4-13-7-9-19(10-8-13)12(2)17(21)18-15-11-14(20(22)23)5-6-16(15)24-3/h5-12H,4H2,1-3H3/p+1/t12-/m0/s1. The smallest absolute Gasteiger partial charge is 0.293 e. The van der Waals surface area contributed by atoms with Gasteiger partial charge in [-0.2, -0.15) is 4.57 Å². The first kappa shape index (κ1) is 17.4. The number of benzene rings is 1. The molecule has 0 aliphatic heterocycles. The van der Waals surface area contributed by atoms with E-state index in [2.05, 4.69) is 12.2 Å². The number of aromatic nitrogens is 1. The molecule has 0 radical (unpaired) electrons. The quantitative estimate of drug-likeness (QED) is 0.501. The number of carbonyl (C=O) groups excluding carboxylic acids is 1. The van der Waals surface area contributed by atoms with Gasteiger partial charge in [0.25, 0.3) is 11.6 Å². The van der Waals surface area contributed by atoms with Crippen molar-refractivity contribution in [3.8, 4) is 5.75 Å². The van der Waals surface area contributed by atoms with Crippen molar-refractivity contribution in [2.24, 2.45) is 0 Å². The third-order valence-electron chi connectivity index (χ3n) is 3.81. The van der Waals surface area contributed by atoms with Crippen molar-refractivity contribution in [1.29, 1.82) is 0 Å². The van der Waals surface area contributed by atoms with Gasteiger partial charge in [0.05, 0.1) is 17.7 Å². The second-order valence-electron chi connectivity index (χ2n) is 5.31. The van der Waals surface area contributed by atoms with Crippen LogP contribution < -0.4 is 14.6 Å². The maximum atomic E-state index is 12.5. The van der Waals surface area contributed by atoms with Gasteiger partial charge in [-0.3, -0.25) is 14.9 Å². The molecule has 24 heavy (non-hydrogen) atoms. The van der Waals surface area contributed by atoms with Crippen LogP contribution in [0.25, 0.3) is 0 Å². The number of non-ortho nitro benzene ring substituents is 1. The maximum absolute atomic E-state index is 12.5. The third-order valence-corrected chi connectivity index (χ3v) is 3.81. The molecular formula is C17H20N3O4+. The van der Waals surface area contributed by atoms with E-state index in [1.165, 1.54) is 30.9 Å². The predicted molar refractivity (Wildman–Crippen MR) is 89.0 cm³/mol. The minimum Gasteiger partial charge on any atom is -0.495 e. The van der Waals surface area contributed by atoms with Gasteiger partial charge < -0.3 is 10.1 Å². The van der Waals surface area contributed by atoms with Gasteiger partial charge in [0.15, 0.2) is 12.4 Å². The van der Waals surface area contributed by atoms with Gasteiger partial charge in [-0.25, -0.2) is 0 Å². The number of amides is 1. The van der Waals surface area contributed by atoms with Crippen molar-refractivity contribution in [1.82, 2.24) is 0 Å². The molecule has 1 heterocycles. The summed E-state index contributed by atoms with van der Waals surface area (Å²) in [5.41, 5.74) is 1.34. The Morgan fingerprint density at radius 3 is 2.54 bits per heavy atom. The summed E-state index contributed by atoms with van der Waals surface area (Å²) in [6.07, 6.45) is 4.60. The molecule has 2 rings (SSSR count). The van der Waals surface area contributed by atoms with E-state index in [1.807, 2.05) is 24.5 Å². The molecule has 0 saturated heterocycles. The Bertz CT molecular complexity index is 744. The van der Waals surface area contributed by atoms with E-state index in [9.17, 15) is 14.9 Å². The van der Waals surface area contributed by atoms with Crippen molar-refractivity contribution in [2.45, 2.75) is 26.3 Å². The molecule has 7 heteroatoms. The van der Waals surface area contributed by atoms with Gasteiger partial charge >= 0.3 is 0 Å². The highest BCUT2D eigenvalue weighted by Crippen LogP contribution is 2.29. The molecule has 1 atom stereocenters. The predicted octanol–water partition coefficient (Wildman–Crippen LogP) is 2.65. The summed E-state index contributed by atoms with van der Waals surface area (Å²) in [5.74, 6) is 0.0792. The van der Waals surface area contributed by atoms with Crippen LogP contribution in [0.1, 0.15) is 25.5 Å². The molecule has 0 bridgehead atoms. The summed E-state index contributed by atoms with van der Waals surface area (Å²) < 4.78 is 6.93. The first-order valence-electron chi connectivity index (χ1n) is 7.59. The number of methoxy groups -OCH3 is 1. The van der Waals surface area contributed by atoms with Crippen LogP contribution in [0.5, 0.6) is 5.75 Å². The number of hydrogen-bond donors (Lipinski definition) is 1. The molecule has 7 nitrogen and oxygen atoms in total. The topological polar surface area (TPSA) is 85.3 Å². The van der Waals surface area contributed by atoms with E-state index in [-0.39, 0.29) is 17.3 Å². The molecule has 0 unspecified atom stereocenters. The van der Waals surface area contributed by atoms with Crippen LogP contribution in [0.4, 0.5) is 11.4 Å². The monoisotopic (exact) mass is 330 g/mol. The molecule has 1 amide bonds. The Kier molecular flexibility index (Phi) is 5.47. The minimum atomic E-state index is -0.517. The lowest BCUT2D eigenvalue weighted by molar-refractivity contribution is -0.705. The fraction of sp³-hybridized carbons (Fsp3) is 0.294. The Labute approximate surface area is 140 Å². The van der Waals surface area contributed by atoms with Crippen molar-refractivity contribution < 1.29 is 19.0 Å². The largest absolute Gasteiger partial charge is 0.495 e. The number of ether oxygens (including phenoxy) is 1. The average molecular weight is 330 g/mol. The Balaban J connectivity index is 2.21. The summed E-state index contributed by atoms with van der Waals surface area (Å²) in [5, 5.41) is 13.6. The lowest BCUT2D eigenvalue weighted by Crippen LogP contribution is -2.44. The molecule has 1 aromatic heterocycles. The molecule has 2 aromatic rings. The van der Waals surface area contributed by atoms with Crippen LogP contribution in [0.3, 0.4) is 0 Å². The Morgan fingerprint density at radius 1 is 1.33 bits per heavy atom. The van der Waals surface area contributed by atoms with E-state index in [1.54, 1.807) is 11.5 Å². The molecule has 1 N–H and O–H groups in total. The van der Waals surface area contributed by atoms with E-state index in [4.69, 9.17) is 4.74 Å². The van der Waals surface area contributed by atoms with Gasteiger partial charge in [-0.1, -0.05) is 6.92 Å². The zero-order valence-electron chi connectivity index (χ0n) is 13.9. The fourth-order valence-electron chi connectivity index (χ4n) is 2.24. The van der Waals surface area contributed by atoms with Crippen molar-refractivity contribution in [3.63, 3.8) is 0 Å². The zero-order chi connectivity index (χ0) is 17.7. The molecule has 1 aromatic carbocycles. The maximum Gasteiger partial charge on any atom is 0.293 e. The number of pyridine rings is 1. The summed E-state index contributed by atoms with van der Waals surface area (Å²) in [6, 6.07) is 7.52. The summed E-state index contributed by atoms with van der Waals surface area (Å²) in [7, 11) is 1.44. The van der Waals surface area contributed by atoms with Gasteiger partial charge in [-0.15, -0.1) is 0 Å². The molecule has 0 fully saturated rings. The van der Waals surface area contributed by atoms with Crippen molar-refractivity contribution >= 4 is 17.3 Å². The number of rotatable bonds is 6. The van der Waals surface area contributed by atoms with E-state index < -0.39 is 11.0 Å². The van der Waals surface area contributed by atoms with E-state index in [0.29, 0.717) is 5.75 Å². The minimum absolute atomic E-state index is 0.112. The number of aryl methyl sites for hydroxylation is 1. The lowest BCUT2D eigenvalue weighted by Gasteiger charge is -2.12. The fourth-order valence-corrected chi connectivity index (χ4v) is 2.24. The summed E-state index contributed by atoms with van der Waals surface area (Å²) in [4.78, 5) is 22.8. The highest BCUT2D eigenvalue weighted by molar-refractivity contribution is 5.94. The Morgan fingerprint density at radius 2 is 2.00 bits per heavy atom. The van der Waals surface area contributed by atoms with Crippen LogP contribution in [0.15, 0.2) is 42.7 Å². The van der Waals surface area contributed by atoms with Crippen LogP contribution >= 0.6 is 0 Å². The summed E-state index contributed by atoms with van der Waals surface area (Å²) in [6.45, 7) is 3.81. The van der Waals surface area contributed by atoms with Crippen LogP contribution in [-0.2, 0) is 11.2 Å². The van der Waals surface area contributed by atoms with E-state index in [0.717, 1.165) is 6.42 Å². The summed E-state index contributed by atoms with van der Waals surface area (Å²) >= 11 is 0. The molecule has 0 spiro atoms. The van der Waals surface area contributed by atoms with Crippen LogP contribution in [0.2, 0.25) is 0 Å². The van der Waals surface area contributed by atoms with Gasteiger partial charge in [-0.05, 0) is 18.1 Å². The molecule has 0 aliphatic carbocycles. The average Bonchev–Trinajstić information content (AvgIpc) is 2.60. The molecule has 0 saturated carbocycles. The first-order valence-corrected chi connectivity index (χ1v) is 7.59. The molecule has 126 valence electrons. The molecule has 0 aliphatic rings. The number of nitro groups is 1. The SMILES string of the molecule is CCc1cc[n+]([C@@H](C)C(=O)Nc2cc([N+](=O)[O-])ccc2OC)cc1.